The Bertz CT molecular complexity index is 486. The van der Waals surface area contributed by atoms with E-state index in [2.05, 4.69) is 5.32 Å². The number of allylic oxidation sites excluding steroid dienone is 1. The number of ether oxygens (including phenoxy) is 2. The lowest BCUT2D eigenvalue weighted by Crippen LogP contribution is -2.25. The van der Waals surface area contributed by atoms with Crippen molar-refractivity contribution in [1.82, 2.24) is 5.32 Å². The standard InChI is InChI=1S/C14H17NO3.ClH/c1-17-13-3-4-14(18-2)10(8-13)7-11-9-12(16)5-6-15-11;/h3-4,7-8,15H,5-6,9H2,1-2H3;1H. The van der Waals surface area contributed by atoms with Crippen LogP contribution in [-0.2, 0) is 4.79 Å². The molecule has 0 radical (unpaired) electrons. The molecule has 0 spiro atoms. The molecule has 19 heavy (non-hydrogen) atoms. The maximum atomic E-state index is 11.4. The predicted octanol–water partition coefficient (Wildman–Crippen LogP) is 2.42. The number of halogens is 1. The molecule has 0 amide bonds. The molecule has 0 aromatic heterocycles. The van der Waals surface area contributed by atoms with Crippen molar-refractivity contribution in [2.45, 2.75) is 12.8 Å². The van der Waals surface area contributed by atoms with Gasteiger partial charge in [0.15, 0.2) is 0 Å². The molecule has 1 heterocycles. The minimum absolute atomic E-state index is 0. The Morgan fingerprint density at radius 1 is 1.26 bits per heavy atom. The zero-order chi connectivity index (χ0) is 13.0. The minimum atomic E-state index is 0. The Labute approximate surface area is 119 Å². The zero-order valence-corrected chi connectivity index (χ0v) is 11.9. The fourth-order valence-corrected chi connectivity index (χ4v) is 1.97. The molecule has 104 valence electrons. The summed E-state index contributed by atoms with van der Waals surface area (Å²) in [6, 6.07) is 5.60. The van der Waals surface area contributed by atoms with Gasteiger partial charge in [-0.1, -0.05) is 0 Å². The number of carbonyl (C=O) groups is 1. The molecule has 0 saturated carbocycles. The summed E-state index contributed by atoms with van der Waals surface area (Å²) in [5, 5.41) is 3.23. The third-order valence-electron chi connectivity index (χ3n) is 2.91. The van der Waals surface area contributed by atoms with E-state index in [0.717, 1.165) is 22.8 Å². The molecule has 0 aliphatic carbocycles. The topological polar surface area (TPSA) is 47.6 Å². The SMILES string of the molecule is COc1ccc(OC)c(C=C2CC(=O)CCN2)c1.Cl. The first-order valence-corrected chi connectivity index (χ1v) is 5.91. The highest BCUT2D eigenvalue weighted by atomic mass is 35.5. The van der Waals surface area contributed by atoms with Crippen LogP contribution in [-0.4, -0.2) is 26.5 Å². The number of hydrogen-bond donors (Lipinski definition) is 1. The van der Waals surface area contributed by atoms with Crippen molar-refractivity contribution in [2.75, 3.05) is 20.8 Å². The number of benzene rings is 1. The molecule has 0 atom stereocenters. The molecule has 1 aliphatic heterocycles. The van der Waals surface area contributed by atoms with Crippen molar-refractivity contribution in [2.24, 2.45) is 0 Å². The zero-order valence-electron chi connectivity index (χ0n) is 11.1. The van der Waals surface area contributed by atoms with Crippen molar-refractivity contribution in [1.29, 1.82) is 0 Å². The average molecular weight is 284 g/mol. The summed E-state index contributed by atoms with van der Waals surface area (Å²) in [6.07, 6.45) is 3.01. The molecular weight excluding hydrogens is 266 g/mol. The molecule has 1 N–H and O–H groups in total. The molecule has 2 rings (SSSR count). The summed E-state index contributed by atoms with van der Waals surface area (Å²) >= 11 is 0. The van der Waals surface area contributed by atoms with Gasteiger partial charge in [0.1, 0.15) is 17.3 Å². The molecule has 4 nitrogen and oxygen atoms in total. The highest BCUT2D eigenvalue weighted by Crippen LogP contribution is 2.26. The van der Waals surface area contributed by atoms with Crippen molar-refractivity contribution in [3.63, 3.8) is 0 Å². The van der Waals surface area contributed by atoms with E-state index in [9.17, 15) is 4.79 Å². The average Bonchev–Trinajstić information content (AvgIpc) is 2.38. The van der Waals surface area contributed by atoms with E-state index in [-0.39, 0.29) is 18.2 Å². The number of carbonyl (C=O) groups excluding carboxylic acids is 1. The Balaban J connectivity index is 0.00000180. The van der Waals surface area contributed by atoms with Crippen LogP contribution in [0.4, 0.5) is 0 Å². The van der Waals surface area contributed by atoms with Gasteiger partial charge >= 0.3 is 0 Å². The molecule has 1 aliphatic rings. The summed E-state index contributed by atoms with van der Waals surface area (Å²) < 4.78 is 10.5. The highest BCUT2D eigenvalue weighted by molar-refractivity contribution is 5.85. The summed E-state index contributed by atoms with van der Waals surface area (Å²) in [5.41, 5.74) is 1.84. The van der Waals surface area contributed by atoms with Gasteiger partial charge < -0.3 is 14.8 Å². The van der Waals surface area contributed by atoms with Crippen molar-refractivity contribution in [3.8, 4) is 11.5 Å². The molecule has 1 aromatic rings. The fraction of sp³-hybridized carbons (Fsp3) is 0.357. The van der Waals surface area contributed by atoms with Crippen molar-refractivity contribution < 1.29 is 14.3 Å². The molecule has 1 aromatic carbocycles. The lowest BCUT2D eigenvalue weighted by atomic mass is 10.0. The van der Waals surface area contributed by atoms with E-state index in [1.807, 2.05) is 24.3 Å². The van der Waals surface area contributed by atoms with Crippen LogP contribution in [0.3, 0.4) is 0 Å². The van der Waals surface area contributed by atoms with Crippen molar-refractivity contribution in [3.05, 3.63) is 29.5 Å². The van der Waals surface area contributed by atoms with Crippen molar-refractivity contribution >= 4 is 24.3 Å². The van der Waals surface area contributed by atoms with Gasteiger partial charge in [-0.15, -0.1) is 12.4 Å². The molecule has 1 fully saturated rings. The Morgan fingerprint density at radius 3 is 2.68 bits per heavy atom. The second-order valence-corrected chi connectivity index (χ2v) is 4.17. The maximum Gasteiger partial charge on any atom is 0.140 e. The predicted molar refractivity (Wildman–Crippen MR) is 77.0 cm³/mol. The van der Waals surface area contributed by atoms with Gasteiger partial charge in [-0.3, -0.25) is 4.79 Å². The summed E-state index contributed by atoms with van der Waals surface area (Å²) in [6.45, 7) is 0.705. The van der Waals surface area contributed by atoms with Gasteiger partial charge in [0, 0.05) is 30.6 Å². The lowest BCUT2D eigenvalue weighted by Gasteiger charge is -2.16. The van der Waals surface area contributed by atoms with E-state index in [4.69, 9.17) is 9.47 Å². The van der Waals surface area contributed by atoms with E-state index in [1.54, 1.807) is 14.2 Å². The number of piperidine rings is 1. The van der Waals surface area contributed by atoms with Crippen LogP contribution < -0.4 is 14.8 Å². The van der Waals surface area contributed by atoms with Gasteiger partial charge in [-0.05, 0) is 24.3 Å². The van der Waals surface area contributed by atoms with E-state index >= 15 is 0 Å². The van der Waals surface area contributed by atoms with Crippen LogP contribution in [0.1, 0.15) is 18.4 Å². The summed E-state index contributed by atoms with van der Waals surface area (Å²) in [7, 11) is 3.25. The molecule has 1 saturated heterocycles. The molecular formula is C14H18ClNO3. The van der Waals surface area contributed by atoms with Gasteiger partial charge in [0.2, 0.25) is 0 Å². The van der Waals surface area contributed by atoms with Gasteiger partial charge in [-0.25, -0.2) is 0 Å². The van der Waals surface area contributed by atoms with Crippen LogP contribution in [0.25, 0.3) is 6.08 Å². The third-order valence-corrected chi connectivity index (χ3v) is 2.91. The third kappa shape index (κ3) is 3.89. The first-order valence-electron chi connectivity index (χ1n) is 5.91. The first-order chi connectivity index (χ1) is 8.72. The van der Waals surface area contributed by atoms with Crippen LogP contribution >= 0.6 is 12.4 Å². The Morgan fingerprint density at radius 2 is 2.05 bits per heavy atom. The van der Waals surface area contributed by atoms with E-state index in [1.165, 1.54) is 0 Å². The van der Waals surface area contributed by atoms with Crippen LogP contribution in [0, 0.1) is 0 Å². The largest absolute Gasteiger partial charge is 0.497 e. The van der Waals surface area contributed by atoms with Crippen LogP contribution in [0.5, 0.6) is 11.5 Å². The van der Waals surface area contributed by atoms with E-state index < -0.39 is 0 Å². The number of methoxy groups -OCH3 is 2. The number of Topliss-reactive ketones (excluding diaryl/α,β-unsaturated/α-hetero) is 1. The second kappa shape index (κ2) is 7.04. The molecule has 0 bridgehead atoms. The number of nitrogens with one attached hydrogen (secondary N) is 1. The summed E-state index contributed by atoms with van der Waals surface area (Å²) in [5.74, 6) is 1.80. The molecule has 0 unspecified atom stereocenters. The minimum Gasteiger partial charge on any atom is -0.497 e. The number of rotatable bonds is 3. The fourth-order valence-electron chi connectivity index (χ4n) is 1.97. The lowest BCUT2D eigenvalue weighted by molar-refractivity contribution is -0.119. The Kier molecular flexibility index (Phi) is 5.70. The highest BCUT2D eigenvalue weighted by Gasteiger charge is 2.13. The van der Waals surface area contributed by atoms with Gasteiger partial charge in [0.05, 0.1) is 14.2 Å². The van der Waals surface area contributed by atoms with Gasteiger partial charge in [0.25, 0.3) is 0 Å². The maximum absolute atomic E-state index is 11.4. The quantitative estimate of drug-likeness (QED) is 0.925. The van der Waals surface area contributed by atoms with E-state index in [0.29, 0.717) is 19.4 Å². The van der Waals surface area contributed by atoms with Gasteiger partial charge in [-0.2, -0.15) is 0 Å². The number of hydrogen-bond acceptors (Lipinski definition) is 4. The second-order valence-electron chi connectivity index (χ2n) is 4.17. The number of ketones is 1. The normalized spacial score (nSPS) is 16.5. The summed E-state index contributed by atoms with van der Waals surface area (Å²) in [4.78, 5) is 11.4. The monoisotopic (exact) mass is 283 g/mol. The van der Waals surface area contributed by atoms with Crippen LogP contribution in [0.2, 0.25) is 0 Å². The molecule has 5 heteroatoms. The first kappa shape index (κ1) is 15.4. The smallest absolute Gasteiger partial charge is 0.140 e. The Hall–Kier alpha value is -1.68. The van der Waals surface area contributed by atoms with Crippen LogP contribution in [0.15, 0.2) is 23.9 Å².